The van der Waals surface area contributed by atoms with Crippen molar-refractivity contribution in [3.63, 3.8) is 0 Å². The molecule has 0 aromatic carbocycles. The molecule has 0 radical (unpaired) electrons. The summed E-state index contributed by atoms with van der Waals surface area (Å²) in [6, 6.07) is 5.95. The molecule has 156 valence electrons. The zero-order valence-corrected chi connectivity index (χ0v) is 18.7. The summed E-state index contributed by atoms with van der Waals surface area (Å²) >= 11 is 1.70. The Morgan fingerprint density at radius 3 is 2.77 bits per heavy atom. The lowest BCUT2D eigenvalue weighted by Gasteiger charge is -2.14. The first-order valence-electron chi connectivity index (χ1n) is 10.1. The highest BCUT2D eigenvalue weighted by atomic mass is 32.1. The molecule has 4 rings (SSSR count). The van der Waals surface area contributed by atoms with Gasteiger partial charge in [-0.1, -0.05) is 13.8 Å². The largest absolute Gasteiger partial charge is 0.477 e. The van der Waals surface area contributed by atoms with E-state index in [0.29, 0.717) is 19.0 Å². The van der Waals surface area contributed by atoms with E-state index in [9.17, 15) is 0 Å². The lowest BCUT2D eigenvalue weighted by atomic mass is 10.1. The van der Waals surface area contributed by atoms with E-state index in [1.165, 1.54) is 4.88 Å². The van der Waals surface area contributed by atoms with Gasteiger partial charge in [0.15, 0.2) is 0 Å². The molecule has 4 heterocycles. The number of aryl methyl sites for hydroxylation is 2. The van der Waals surface area contributed by atoms with Crippen molar-refractivity contribution in [2.75, 3.05) is 11.9 Å². The van der Waals surface area contributed by atoms with Crippen molar-refractivity contribution in [2.45, 2.75) is 47.1 Å². The van der Waals surface area contributed by atoms with Crippen molar-refractivity contribution in [3.05, 3.63) is 52.0 Å². The van der Waals surface area contributed by atoms with E-state index >= 15 is 0 Å². The van der Waals surface area contributed by atoms with Crippen molar-refractivity contribution in [3.8, 4) is 17.1 Å². The second kappa shape index (κ2) is 8.39. The molecule has 0 unspecified atom stereocenters. The minimum Gasteiger partial charge on any atom is -0.477 e. The Kier molecular flexibility index (Phi) is 5.67. The number of anilines is 1. The summed E-state index contributed by atoms with van der Waals surface area (Å²) in [6.07, 6.45) is 3.66. The van der Waals surface area contributed by atoms with Crippen LogP contribution in [0.2, 0.25) is 0 Å². The molecule has 0 saturated heterocycles. The zero-order valence-electron chi connectivity index (χ0n) is 17.9. The van der Waals surface area contributed by atoms with Gasteiger partial charge < -0.3 is 10.1 Å². The SMILES string of the molecule is CCOc1ncccc1-c1cc(NCc2cnc(C)s2)c2c(C(C)C)nc(C)n2n1. The van der Waals surface area contributed by atoms with Crippen molar-refractivity contribution in [1.82, 2.24) is 24.6 Å². The first-order chi connectivity index (χ1) is 14.5. The van der Waals surface area contributed by atoms with Gasteiger partial charge in [-0.05, 0) is 44.9 Å². The summed E-state index contributed by atoms with van der Waals surface area (Å²) < 4.78 is 7.67. The minimum absolute atomic E-state index is 0.282. The van der Waals surface area contributed by atoms with Gasteiger partial charge in [0.2, 0.25) is 5.88 Å². The number of hydrogen-bond acceptors (Lipinski definition) is 7. The van der Waals surface area contributed by atoms with Crippen LogP contribution in [0.4, 0.5) is 5.69 Å². The van der Waals surface area contributed by atoms with Crippen molar-refractivity contribution in [2.24, 2.45) is 0 Å². The van der Waals surface area contributed by atoms with Crippen LogP contribution in [-0.2, 0) is 6.54 Å². The van der Waals surface area contributed by atoms with Crippen LogP contribution in [0.25, 0.3) is 16.8 Å². The predicted octanol–water partition coefficient (Wildman–Crippen LogP) is 5.00. The molecule has 30 heavy (non-hydrogen) atoms. The number of ether oxygens (including phenoxy) is 1. The molecule has 0 spiro atoms. The maximum atomic E-state index is 5.75. The van der Waals surface area contributed by atoms with E-state index in [2.05, 4.69) is 35.2 Å². The molecular weight excluding hydrogens is 396 g/mol. The first kappa shape index (κ1) is 20.3. The number of fused-ring (bicyclic) bond motifs is 1. The van der Waals surface area contributed by atoms with Crippen LogP contribution in [0.15, 0.2) is 30.6 Å². The summed E-state index contributed by atoms with van der Waals surface area (Å²) in [5.41, 5.74) is 4.68. The van der Waals surface area contributed by atoms with Crippen LogP contribution >= 0.6 is 11.3 Å². The molecule has 0 aliphatic rings. The number of nitrogens with zero attached hydrogens (tertiary/aromatic N) is 5. The molecule has 4 aromatic rings. The van der Waals surface area contributed by atoms with Crippen LogP contribution < -0.4 is 10.1 Å². The fourth-order valence-corrected chi connectivity index (χ4v) is 4.17. The topological polar surface area (TPSA) is 77.2 Å². The molecule has 0 atom stereocenters. The second-order valence-corrected chi connectivity index (χ2v) is 8.71. The summed E-state index contributed by atoms with van der Waals surface area (Å²) in [5.74, 6) is 1.72. The number of rotatable bonds is 7. The van der Waals surface area contributed by atoms with Gasteiger partial charge >= 0.3 is 0 Å². The predicted molar refractivity (Wildman–Crippen MR) is 120 cm³/mol. The van der Waals surface area contributed by atoms with Crippen LogP contribution in [0.5, 0.6) is 5.88 Å². The highest BCUT2D eigenvalue weighted by Crippen LogP contribution is 2.33. The standard InChI is InChI=1S/C22H26N6OS/c1-6-29-22-17(8-7-9-23-22)18-10-19(25-12-16-11-24-15(5)30-16)21-20(13(2)3)26-14(4)28(21)27-18/h7-11,13,25H,6,12H2,1-5H3. The van der Waals surface area contributed by atoms with Crippen molar-refractivity contribution >= 4 is 22.5 Å². The lowest BCUT2D eigenvalue weighted by Crippen LogP contribution is -2.06. The average Bonchev–Trinajstić information content (AvgIpc) is 3.30. The Balaban J connectivity index is 1.86. The van der Waals surface area contributed by atoms with E-state index in [4.69, 9.17) is 14.8 Å². The van der Waals surface area contributed by atoms with E-state index in [0.717, 1.165) is 39.0 Å². The number of aromatic nitrogens is 5. The van der Waals surface area contributed by atoms with Gasteiger partial charge in [-0.25, -0.2) is 19.5 Å². The minimum atomic E-state index is 0.282. The van der Waals surface area contributed by atoms with Gasteiger partial charge in [-0.3, -0.25) is 0 Å². The number of imidazole rings is 1. The Bertz CT molecular complexity index is 1180. The van der Waals surface area contributed by atoms with E-state index in [1.807, 2.05) is 43.6 Å². The highest BCUT2D eigenvalue weighted by Gasteiger charge is 2.20. The Labute approximate surface area is 180 Å². The molecule has 4 aromatic heterocycles. The van der Waals surface area contributed by atoms with Crippen LogP contribution in [0.1, 0.15) is 48.1 Å². The number of hydrogen-bond donors (Lipinski definition) is 1. The normalized spacial score (nSPS) is 11.4. The molecule has 0 aliphatic heterocycles. The Morgan fingerprint density at radius 2 is 2.07 bits per heavy atom. The van der Waals surface area contributed by atoms with Gasteiger partial charge in [-0.2, -0.15) is 5.10 Å². The maximum Gasteiger partial charge on any atom is 0.222 e. The van der Waals surface area contributed by atoms with Crippen LogP contribution in [-0.4, -0.2) is 31.2 Å². The Morgan fingerprint density at radius 1 is 1.23 bits per heavy atom. The fraction of sp³-hybridized carbons (Fsp3) is 0.364. The summed E-state index contributed by atoms with van der Waals surface area (Å²) in [6.45, 7) is 11.5. The maximum absolute atomic E-state index is 5.75. The zero-order chi connectivity index (χ0) is 21.3. The molecule has 0 fully saturated rings. The summed E-state index contributed by atoms with van der Waals surface area (Å²) in [7, 11) is 0. The molecule has 8 heteroatoms. The van der Waals surface area contributed by atoms with Crippen LogP contribution in [0, 0.1) is 13.8 Å². The first-order valence-corrected chi connectivity index (χ1v) is 10.9. The third-order valence-electron chi connectivity index (χ3n) is 4.78. The number of thiazole rings is 1. The van der Waals surface area contributed by atoms with Crippen molar-refractivity contribution < 1.29 is 4.74 Å². The van der Waals surface area contributed by atoms with Gasteiger partial charge in [0.25, 0.3) is 0 Å². The van der Waals surface area contributed by atoms with Gasteiger partial charge in [0.1, 0.15) is 11.3 Å². The van der Waals surface area contributed by atoms with Gasteiger partial charge in [-0.15, -0.1) is 11.3 Å². The summed E-state index contributed by atoms with van der Waals surface area (Å²) in [4.78, 5) is 14.7. The molecule has 0 amide bonds. The van der Waals surface area contributed by atoms with Gasteiger partial charge in [0, 0.05) is 17.3 Å². The van der Waals surface area contributed by atoms with E-state index < -0.39 is 0 Å². The number of nitrogens with one attached hydrogen (secondary N) is 1. The van der Waals surface area contributed by atoms with E-state index in [-0.39, 0.29) is 5.92 Å². The van der Waals surface area contributed by atoms with Gasteiger partial charge in [0.05, 0.1) is 40.8 Å². The fourth-order valence-electron chi connectivity index (χ4n) is 3.44. The molecule has 1 N–H and O–H groups in total. The summed E-state index contributed by atoms with van der Waals surface area (Å²) in [5, 5.41) is 9.55. The molecule has 7 nitrogen and oxygen atoms in total. The molecule has 0 saturated carbocycles. The lowest BCUT2D eigenvalue weighted by molar-refractivity contribution is 0.328. The third-order valence-corrected chi connectivity index (χ3v) is 5.70. The highest BCUT2D eigenvalue weighted by molar-refractivity contribution is 7.11. The Hall–Kier alpha value is -3.00. The van der Waals surface area contributed by atoms with Crippen molar-refractivity contribution in [1.29, 1.82) is 0 Å². The quantitative estimate of drug-likeness (QED) is 0.452. The monoisotopic (exact) mass is 422 g/mol. The second-order valence-electron chi connectivity index (χ2n) is 7.39. The molecule has 0 bridgehead atoms. The smallest absolute Gasteiger partial charge is 0.222 e. The molecule has 0 aliphatic carbocycles. The number of pyridine rings is 1. The molecular formula is C22H26N6OS. The van der Waals surface area contributed by atoms with E-state index in [1.54, 1.807) is 17.5 Å². The third kappa shape index (κ3) is 3.87. The average molecular weight is 423 g/mol. The van der Waals surface area contributed by atoms with Crippen LogP contribution in [0.3, 0.4) is 0 Å².